The van der Waals surface area contributed by atoms with Gasteiger partial charge < -0.3 is 14.0 Å². The molecule has 20 heavy (non-hydrogen) atoms. The van der Waals surface area contributed by atoms with E-state index in [-0.39, 0.29) is 6.04 Å². The SMILES string of the molecule is CCOc1cccc2c1nc(CCl)n2C(C)CCOC. The van der Waals surface area contributed by atoms with Gasteiger partial charge in [0.25, 0.3) is 0 Å². The Bertz CT molecular complexity index is 568. The summed E-state index contributed by atoms with van der Waals surface area (Å²) in [6.45, 7) is 5.47. The van der Waals surface area contributed by atoms with E-state index in [2.05, 4.69) is 22.5 Å². The van der Waals surface area contributed by atoms with Gasteiger partial charge in [-0.15, -0.1) is 11.6 Å². The number of imidazole rings is 1. The quantitative estimate of drug-likeness (QED) is 0.730. The van der Waals surface area contributed by atoms with Crippen molar-refractivity contribution in [2.24, 2.45) is 0 Å². The summed E-state index contributed by atoms with van der Waals surface area (Å²) in [5, 5.41) is 0. The lowest BCUT2D eigenvalue weighted by atomic mass is 10.2. The van der Waals surface area contributed by atoms with Crippen LogP contribution in [-0.2, 0) is 10.6 Å². The van der Waals surface area contributed by atoms with E-state index >= 15 is 0 Å². The average Bonchev–Trinajstić information content (AvgIpc) is 2.84. The van der Waals surface area contributed by atoms with Gasteiger partial charge in [-0.2, -0.15) is 0 Å². The molecule has 2 rings (SSSR count). The van der Waals surface area contributed by atoms with Crippen molar-refractivity contribution in [3.63, 3.8) is 0 Å². The number of ether oxygens (including phenoxy) is 2. The number of halogens is 1. The molecule has 1 aromatic heterocycles. The van der Waals surface area contributed by atoms with Crippen molar-refractivity contribution in [1.29, 1.82) is 0 Å². The molecule has 0 radical (unpaired) electrons. The maximum atomic E-state index is 6.06. The van der Waals surface area contributed by atoms with Crippen molar-refractivity contribution in [1.82, 2.24) is 9.55 Å². The minimum atomic E-state index is 0.283. The molecule has 0 saturated carbocycles. The van der Waals surface area contributed by atoms with Crippen LogP contribution in [0.2, 0.25) is 0 Å². The predicted molar refractivity (Wildman–Crippen MR) is 81.7 cm³/mol. The fraction of sp³-hybridized carbons (Fsp3) is 0.533. The summed E-state index contributed by atoms with van der Waals surface area (Å²) in [6, 6.07) is 6.28. The summed E-state index contributed by atoms with van der Waals surface area (Å²) in [4.78, 5) is 4.64. The molecule has 5 heteroatoms. The van der Waals surface area contributed by atoms with Crippen LogP contribution >= 0.6 is 11.6 Å². The van der Waals surface area contributed by atoms with E-state index < -0.39 is 0 Å². The topological polar surface area (TPSA) is 36.3 Å². The van der Waals surface area contributed by atoms with Crippen molar-refractivity contribution in [2.75, 3.05) is 20.3 Å². The molecule has 0 N–H and O–H groups in total. The molecule has 0 bridgehead atoms. The minimum Gasteiger partial charge on any atom is -0.492 e. The summed E-state index contributed by atoms with van der Waals surface area (Å²) in [5.41, 5.74) is 1.95. The third-order valence-corrected chi connectivity index (χ3v) is 3.60. The molecule has 0 saturated heterocycles. The lowest BCUT2D eigenvalue weighted by Gasteiger charge is -2.16. The van der Waals surface area contributed by atoms with E-state index in [0.29, 0.717) is 19.1 Å². The van der Waals surface area contributed by atoms with Gasteiger partial charge in [-0.05, 0) is 32.4 Å². The summed E-state index contributed by atoms with van der Waals surface area (Å²) in [6.07, 6.45) is 0.921. The molecule has 0 aliphatic heterocycles. The maximum Gasteiger partial charge on any atom is 0.147 e. The molecule has 0 aliphatic rings. The molecule has 110 valence electrons. The monoisotopic (exact) mass is 296 g/mol. The number of hydrogen-bond donors (Lipinski definition) is 0. The zero-order chi connectivity index (χ0) is 14.5. The molecule has 1 unspecified atom stereocenters. The molecule has 1 heterocycles. The van der Waals surface area contributed by atoms with Crippen LogP contribution in [-0.4, -0.2) is 29.9 Å². The first-order valence-corrected chi connectivity index (χ1v) is 7.43. The first-order chi connectivity index (χ1) is 9.72. The number of para-hydroxylation sites is 1. The molecular weight excluding hydrogens is 276 g/mol. The van der Waals surface area contributed by atoms with Crippen molar-refractivity contribution < 1.29 is 9.47 Å². The molecule has 2 aromatic rings. The van der Waals surface area contributed by atoms with Gasteiger partial charge in [-0.1, -0.05) is 6.07 Å². The minimum absolute atomic E-state index is 0.283. The molecule has 1 atom stereocenters. The second-order valence-corrected chi connectivity index (χ2v) is 4.99. The summed E-state index contributed by atoms with van der Waals surface area (Å²) in [5.74, 6) is 2.07. The Kier molecular flexibility index (Phi) is 5.26. The van der Waals surface area contributed by atoms with Crippen LogP contribution in [0.3, 0.4) is 0 Å². The van der Waals surface area contributed by atoms with Gasteiger partial charge in [0.2, 0.25) is 0 Å². The Labute approximate surface area is 124 Å². The fourth-order valence-electron chi connectivity index (χ4n) is 2.42. The van der Waals surface area contributed by atoms with Crippen molar-refractivity contribution in [3.05, 3.63) is 24.0 Å². The highest BCUT2D eigenvalue weighted by Crippen LogP contribution is 2.30. The van der Waals surface area contributed by atoms with Gasteiger partial charge in [-0.3, -0.25) is 0 Å². The van der Waals surface area contributed by atoms with E-state index in [0.717, 1.165) is 29.0 Å². The molecule has 0 amide bonds. The number of hydrogen-bond acceptors (Lipinski definition) is 3. The van der Waals surface area contributed by atoms with Crippen molar-refractivity contribution in [3.8, 4) is 5.75 Å². The van der Waals surface area contributed by atoms with Crippen molar-refractivity contribution in [2.45, 2.75) is 32.2 Å². The van der Waals surface area contributed by atoms with E-state index in [1.54, 1.807) is 7.11 Å². The van der Waals surface area contributed by atoms with E-state index in [1.807, 2.05) is 19.1 Å². The summed E-state index contributed by atoms with van der Waals surface area (Å²) >= 11 is 6.06. The first-order valence-electron chi connectivity index (χ1n) is 6.90. The van der Waals surface area contributed by atoms with Crippen LogP contribution in [0.4, 0.5) is 0 Å². The second kappa shape index (κ2) is 6.95. The van der Waals surface area contributed by atoms with E-state index in [9.17, 15) is 0 Å². The number of aromatic nitrogens is 2. The lowest BCUT2D eigenvalue weighted by Crippen LogP contribution is -2.10. The van der Waals surface area contributed by atoms with Crippen LogP contribution in [0.5, 0.6) is 5.75 Å². The Balaban J connectivity index is 2.49. The maximum absolute atomic E-state index is 6.06. The molecule has 0 fully saturated rings. The molecule has 4 nitrogen and oxygen atoms in total. The predicted octanol–water partition coefficient (Wildman–Crippen LogP) is 3.77. The summed E-state index contributed by atoms with van der Waals surface area (Å²) < 4.78 is 13.0. The van der Waals surface area contributed by atoms with Gasteiger partial charge in [-0.25, -0.2) is 4.98 Å². The molecular formula is C15H21ClN2O2. The first kappa shape index (κ1) is 15.1. The Morgan fingerprint density at radius 3 is 2.85 bits per heavy atom. The van der Waals surface area contributed by atoms with Crippen LogP contribution in [0, 0.1) is 0 Å². The number of alkyl halides is 1. The highest BCUT2D eigenvalue weighted by molar-refractivity contribution is 6.16. The summed E-state index contributed by atoms with van der Waals surface area (Å²) in [7, 11) is 1.72. The average molecular weight is 297 g/mol. The highest BCUT2D eigenvalue weighted by Gasteiger charge is 2.17. The molecule has 0 spiro atoms. The lowest BCUT2D eigenvalue weighted by molar-refractivity contribution is 0.181. The number of rotatable bonds is 7. The zero-order valence-corrected chi connectivity index (χ0v) is 13.0. The van der Waals surface area contributed by atoms with Gasteiger partial charge in [0.15, 0.2) is 0 Å². The number of nitrogens with zero attached hydrogens (tertiary/aromatic N) is 2. The Morgan fingerprint density at radius 1 is 1.40 bits per heavy atom. The van der Waals surface area contributed by atoms with Crippen LogP contribution in [0.1, 0.15) is 32.1 Å². The Hall–Kier alpha value is -1.26. The fourth-order valence-corrected chi connectivity index (χ4v) is 2.60. The van der Waals surface area contributed by atoms with Gasteiger partial charge in [0.1, 0.15) is 17.1 Å². The number of methoxy groups -OCH3 is 1. The third kappa shape index (κ3) is 2.91. The standard InChI is InChI=1S/C15H21ClN2O2/c1-4-20-13-7-5-6-12-15(13)17-14(10-16)18(12)11(2)8-9-19-3/h5-7,11H,4,8-10H2,1-3H3. The molecule has 1 aromatic carbocycles. The van der Waals surface area contributed by atoms with E-state index in [4.69, 9.17) is 21.1 Å². The van der Waals surface area contributed by atoms with Crippen LogP contribution < -0.4 is 4.74 Å². The molecule has 0 aliphatic carbocycles. The Morgan fingerprint density at radius 2 is 2.20 bits per heavy atom. The van der Waals surface area contributed by atoms with Gasteiger partial charge >= 0.3 is 0 Å². The van der Waals surface area contributed by atoms with Gasteiger partial charge in [0, 0.05) is 19.8 Å². The normalized spacial score (nSPS) is 12.8. The van der Waals surface area contributed by atoms with Gasteiger partial charge in [0.05, 0.1) is 18.0 Å². The third-order valence-electron chi connectivity index (χ3n) is 3.36. The zero-order valence-electron chi connectivity index (χ0n) is 12.2. The van der Waals surface area contributed by atoms with Crippen molar-refractivity contribution >= 4 is 22.6 Å². The number of fused-ring (bicyclic) bond motifs is 1. The van der Waals surface area contributed by atoms with Crippen LogP contribution in [0.25, 0.3) is 11.0 Å². The number of benzene rings is 1. The van der Waals surface area contributed by atoms with E-state index in [1.165, 1.54) is 0 Å². The highest BCUT2D eigenvalue weighted by atomic mass is 35.5. The second-order valence-electron chi connectivity index (χ2n) is 4.72. The largest absolute Gasteiger partial charge is 0.492 e. The smallest absolute Gasteiger partial charge is 0.147 e. The van der Waals surface area contributed by atoms with Crippen LogP contribution in [0.15, 0.2) is 18.2 Å².